The summed E-state index contributed by atoms with van der Waals surface area (Å²) in [6.45, 7) is 4.10. The van der Waals surface area contributed by atoms with Crippen LogP contribution >= 0.6 is 0 Å². The van der Waals surface area contributed by atoms with Gasteiger partial charge < -0.3 is 11.5 Å². The van der Waals surface area contributed by atoms with Gasteiger partial charge in [0.2, 0.25) is 0 Å². The van der Waals surface area contributed by atoms with Crippen molar-refractivity contribution in [3.8, 4) is 0 Å². The molecule has 1 rings (SSSR count). The first-order valence-electron chi connectivity index (χ1n) is 4.00. The lowest BCUT2D eigenvalue weighted by molar-refractivity contribution is 0.452. The maximum absolute atomic E-state index is 6.04. The van der Waals surface area contributed by atoms with E-state index in [1.54, 1.807) is 0 Å². The number of nitrogens with two attached hydrogens (primary N) is 2. The topological polar surface area (TPSA) is 52.0 Å². The molecule has 2 nitrogen and oxygen atoms in total. The van der Waals surface area contributed by atoms with Crippen LogP contribution in [0.1, 0.15) is 20.3 Å². The van der Waals surface area contributed by atoms with E-state index in [0.29, 0.717) is 0 Å². The van der Waals surface area contributed by atoms with E-state index >= 15 is 0 Å². The first-order chi connectivity index (χ1) is 5.08. The molecule has 0 saturated carbocycles. The molecule has 11 heavy (non-hydrogen) atoms. The molecular formula is C9H16N2. The molecule has 2 unspecified atom stereocenters. The standard InChI is InChI=1S/C9H16N2/c1-3-9(11)6-7(2)4-5-8(9)10/h4-6,8H,3,10-11H2,1-2H3. The van der Waals surface area contributed by atoms with Crippen molar-refractivity contribution in [1.29, 1.82) is 0 Å². The second-order valence-electron chi connectivity index (χ2n) is 3.24. The van der Waals surface area contributed by atoms with Gasteiger partial charge in [-0.2, -0.15) is 0 Å². The SMILES string of the molecule is CCC1(N)C=C(C)C=CC1N. The fourth-order valence-corrected chi connectivity index (χ4v) is 1.34. The monoisotopic (exact) mass is 152 g/mol. The number of allylic oxidation sites excluding steroid dienone is 2. The van der Waals surface area contributed by atoms with E-state index < -0.39 is 0 Å². The Morgan fingerprint density at radius 3 is 2.73 bits per heavy atom. The van der Waals surface area contributed by atoms with Crippen LogP contribution < -0.4 is 11.5 Å². The summed E-state index contributed by atoms with van der Waals surface area (Å²) in [5.74, 6) is 0. The van der Waals surface area contributed by atoms with Gasteiger partial charge in [0.05, 0.1) is 5.54 Å². The Morgan fingerprint density at radius 1 is 1.64 bits per heavy atom. The van der Waals surface area contributed by atoms with Crippen molar-refractivity contribution in [1.82, 2.24) is 0 Å². The first kappa shape index (κ1) is 8.50. The second kappa shape index (κ2) is 2.80. The van der Waals surface area contributed by atoms with Crippen LogP contribution in [0.4, 0.5) is 0 Å². The zero-order chi connectivity index (χ0) is 8.48. The zero-order valence-electron chi connectivity index (χ0n) is 7.17. The van der Waals surface area contributed by atoms with Gasteiger partial charge in [0, 0.05) is 6.04 Å². The molecule has 0 heterocycles. The summed E-state index contributed by atoms with van der Waals surface area (Å²) < 4.78 is 0. The third kappa shape index (κ3) is 1.52. The van der Waals surface area contributed by atoms with Crippen LogP contribution in [-0.2, 0) is 0 Å². The lowest BCUT2D eigenvalue weighted by Crippen LogP contribution is -2.53. The molecule has 1 aliphatic rings. The van der Waals surface area contributed by atoms with E-state index in [0.717, 1.165) is 6.42 Å². The highest BCUT2D eigenvalue weighted by molar-refractivity contribution is 5.32. The third-order valence-corrected chi connectivity index (χ3v) is 2.30. The van der Waals surface area contributed by atoms with Gasteiger partial charge in [-0.25, -0.2) is 0 Å². The van der Waals surface area contributed by atoms with Crippen molar-refractivity contribution in [2.75, 3.05) is 0 Å². The van der Waals surface area contributed by atoms with Gasteiger partial charge in [0.25, 0.3) is 0 Å². The predicted octanol–water partition coefficient (Wildman–Crippen LogP) is 0.937. The van der Waals surface area contributed by atoms with E-state index in [4.69, 9.17) is 11.5 Å². The zero-order valence-corrected chi connectivity index (χ0v) is 7.17. The molecule has 1 aliphatic carbocycles. The van der Waals surface area contributed by atoms with Gasteiger partial charge in [-0.15, -0.1) is 0 Å². The summed E-state index contributed by atoms with van der Waals surface area (Å²) in [5, 5.41) is 0. The summed E-state index contributed by atoms with van der Waals surface area (Å²) in [4.78, 5) is 0. The van der Waals surface area contributed by atoms with Crippen molar-refractivity contribution in [3.05, 3.63) is 23.8 Å². The van der Waals surface area contributed by atoms with Crippen molar-refractivity contribution in [2.24, 2.45) is 11.5 Å². The Labute approximate surface area is 68.0 Å². The molecule has 62 valence electrons. The summed E-state index contributed by atoms with van der Waals surface area (Å²) in [6.07, 6.45) is 6.93. The Morgan fingerprint density at radius 2 is 2.27 bits per heavy atom. The fourth-order valence-electron chi connectivity index (χ4n) is 1.34. The Bertz CT molecular complexity index is 206. The van der Waals surface area contributed by atoms with Gasteiger partial charge in [-0.05, 0) is 13.3 Å². The lowest BCUT2D eigenvalue weighted by Gasteiger charge is -2.32. The minimum absolute atomic E-state index is 0.0313. The quantitative estimate of drug-likeness (QED) is 0.587. The van der Waals surface area contributed by atoms with E-state index in [9.17, 15) is 0 Å². The molecule has 0 aromatic rings. The maximum atomic E-state index is 6.04. The average molecular weight is 152 g/mol. The summed E-state index contributed by atoms with van der Waals surface area (Å²) in [5.41, 5.74) is 12.8. The highest BCUT2D eigenvalue weighted by atomic mass is 14.8. The van der Waals surface area contributed by atoms with Gasteiger partial charge in [-0.1, -0.05) is 30.7 Å². The molecule has 0 fully saturated rings. The molecule has 0 amide bonds. The van der Waals surface area contributed by atoms with E-state index in [1.807, 2.05) is 19.1 Å². The van der Waals surface area contributed by atoms with Gasteiger partial charge in [-0.3, -0.25) is 0 Å². The minimum Gasteiger partial charge on any atom is -0.323 e. The smallest absolute Gasteiger partial charge is 0.0532 e. The summed E-state index contributed by atoms with van der Waals surface area (Å²) >= 11 is 0. The Kier molecular flexibility index (Phi) is 2.16. The van der Waals surface area contributed by atoms with E-state index in [1.165, 1.54) is 5.57 Å². The molecule has 0 spiro atoms. The minimum atomic E-state index is -0.321. The van der Waals surface area contributed by atoms with E-state index in [2.05, 4.69) is 13.0 Å². The van der Waals surface area contributed by atoms with Crippen LogP contribution in [0.2, 0.25) is 0 Å². The van der Waals surface area contributed by atoms with Crippen LogP contribution in [0, 0.1) is 0 Å². The molecule has 0 aliphatic heterocycles. The van der Waals surface area contributed by atoms with Crippen LogP contribution in [0.3, 0.4) is 0 Å². The van der Waals surface area contributed by atoms with Gasteiger partial charge in [0.1, 0.15) is 0 Å². The molecule has 0 aromatic carbocycles. The summed E-state index contributed by atoms with van der Waals surface area (Å²) in [7, 11) is 0. The molecule has 0 radical (unpaired) electrons. The summed E-state index contributed by atoms with van der Waals surface area (Å²) in [6, 6.07) is -0.0313. The maximum Gasteiger partial charge on any atom is 0.0532 e. The second-order valence-corrected chi connectivity index (χ2v) is 3.24. The van der Waals surface area contributed by atoms with Crippen molar-refractivity contribution in [2.45, 2.75) is 31.8 Å². The van der Waals surface area contributed by atoms with Crippen LogP contribution in [-0.4, -0.2) is 11.6 Å². The first-order valence-corrected chi connectivity index (χ1v) is 4.00. The molecule has 0 bridgehead atoms. The number of rotatable bonds is 1. The lowest BCUT2D eigenvalue weighted by atomic mass is 9.83. The van der Waals surface area contributed by atoms with Crippen LogP contribution in [0.25, 0.3) is 0 Å². The largest absolute Gasteiger partial charge is 0.323 e. The molecule has 2 heteroatoms. The molecular weight excluding hydrogens is 136 g/mol. The Hall–Kier alpha value is -0.600. The van der Waals surface area contributed by atoms with Crippen molar-refractivity contribution < 1.29 is 0 Å². The van der Waals surface area contributed by atoms with Crippen molar-refractivity contribution in [3.63, 3.8) is 0 Å². The van der Waals surface area contributed by atoms with E-state index in [-0.39, 0.29) is 11.6 Å². The molecule has 0 aromatic heterocycles. The molecule has 2 atom stereocenters. The highest BCUT2D eigenvalue weighted by Gasteiger charge is 2.28. The number of hydrogen-bond donors (Lipinski definition) is 2. The average Bonchev–Trinajstić information content (AvgIpc) is 1.98. The number of hydrogen-bond acceptors (Lipinski definition) is 2. The molecule has 0 saturated heterocycles. The third-order valence-electron chi connectivity index (χ3n) is 2.30. The van der Waals surface area contributed by atoms with Gasteiger partial charge >= 0.3 is 0 Å². The van der Waals surface area contributed by atoms with Crippen LogP contribution in [0.5, 0.6) is 0 Å². The predicted molar refractivity (Wildman–Crippen MR) is 48.1 cm³/mol. The Balaban J connectivity index is 2.89. The van der Waals surface area contributed by atoms with Crippen LogP contribution in [0.15, 0.2) is 23.8 Å². The normalized spacial score (nSPS) is 37.1. The van der Waals surface area contributed by atoms with Crippen molar-refractivity contribution >= 4 is 0 Å². The van der Waals surface area contributed by atoms with Gasteiger partial charge in [0.15, 0.2) is 0 Å². The fraction of sp³-hybridized carbons (Fsp3) is 0.556. The highest BCUT2D eigenvalue weighted by Crippen LogP contribution is 2.20. The molecule has 4 N–H and O–H groups in total.